The van der Waals surface area contributed by atoms with E-state index in [-0.39, 0.29) is 45.5 Å². The van der Waals surface area contributed by atoms with Gasteiger partial charge in [-0.05, 0) is 61.7 Å². The fraction of sp³-hybridized carbons (Fsp3) is 0.333. The molecule has 1 aliphatic rings. The standard InChI is InChI=1S/C30H31Cl4N3O4S/c1-2-27(30(39)35-21-9-6-7-10-21)36(18-23-24(32)13-8-14-25(23)33)29(38)19-37(28-17-20(31)15-16-26(28)34)42(40,41)22-11-4-3-5-12-22/h3-5,8,11-17,21,27H,2,6-7,9-10,18-19H2,1H3,(H,35,39)/t27-/m0/s1. The topological polar surface area (TPSA) is 86.8 Å². The number of nitrogens with one attached hydrogen (secondary N) is 1. The summed E-state index contributed by atoms with van der Waals surface area (Å²) in [7, 11) is -4.29. The van der Waals surface area contributed by atoms with Crippen molar-refractivity contribution in [1.82, 2.24) is 10.2 Å². The number of halogens is 4. The van der Waals surface area contributed by atoms with Gasteiger partial charge in [0.15, 0.2) is 0 Å². The molecule has 2 amide bonds. The van der Waals surface area contributed by atoms with Crippen LogP contribution in [0.3, 0.4) is 0 Å². The lowest BCUT2D eigenvalue weighted by Crippen LogP contribution is -2.53. The van der Waals surface area contributed by atoms with Crippen LogP contribution in [0.25, 0.3) is 0 Å². The Labute approximate surface area is 266 Å². The van der Waals surface area contributed by atoms with Gasteiger partial charge in [-0.2, -0.15) is 0 Å². The molecule has 1 atom stereocenters. The summed E-state index contributed by atoms with van der Waals surface area (Å²) >= 11 is 25.7. The number of carbonyl (C=O) groups excluding carboxylic acids is 2. The van der Waals surface area contributed by atoms with Gasteiger partial charge >= 0.3 is 0 Å². The Hall–Kier alpha value is -2.49. The maximum absolute atomic E-state index is 14.2. The van der Waals surface area contributed by atoms with Gasteiger partial charge in [0.05, 0.1) is 15.6 Å². The number of hydrogen-bond acceptors (Lipinski definition) is 4. The van der Waals surface area contributed by atoms with Gasteiger partial charge in [0.2, 0.25) is 11.8 Å². The molecule has 0 aromatic heterocycles. The van der Waals surface area contributed by atoms with Crippen LogP contribution in [0.1, 0.15) is 44.6 Å². The van der Waals surface area contributed by atoms with Crippen LogP contribution in [-0.4, -0.2) is 43.8 Å². The van der Waals surface area contributed by atoms with Gasteiger partial charge in [-0.1, -0.05) is 90.4 Å². The van der Waals surface area contributed by atoms with E-state index in [4.69, 9.17) is 46.4 Å². The zero-order valence-corrected chi connectivity index (χ0v) is 26.7. The highest BCUT2D eigenvalue weighted by Crippen LogP contribution is 2.34. The van der Waals surface area contributed by atoms with Crippen molar-refractivity contribution < 1.29 is 18.0 Å². The Balaban J connectivity index is 1.77. The molecule has 1 saturated carbocycles. The molecule has 0 bridgehead atoms. The number of anilines is 1. The second-order valence-electron chi connectivity index (χ2n) is 10.1. The highest BCUT2D eigenvalue weighted by molar-refractivity contribution is 7.92. The van der Waals surface area contributed by atoms with Gasteiger partial charge in [-0.25, -0.2) is 8.42 Å². The number of rotatable bonds is 11. The van der Waals surface area contributed by atoms with Gasteiger partial charge in [0, 0.05) is 33.2 Å². The molecule has 12 heteroatoms. The molecule has 224 valence electrons. The molecule has 0 spiro atoms. The third kappa shape index (κ3) is 7.53. The minimum atomic E-state index is -4.29. The lowest BCUT2D eigenvalue weighted by atomic mass is 10.1. The second-order valence-corrected chi connectivity index (χ2v) is 13.6. The van der Waals surface area contributed by atoms with E-state index < -0.39 is 28.5 Å². The predicted octanol–water partition coefficient (Wildman–Crippen LogP) is 7.36. The van der Waals surface area contributed by atoms with E-state index in [9.17, 15) is 18.0 Å². The molecule has 0 saturated heterocycles. The van der Waals surface area contributed by atoms with Gasteiger partial charge < -0.3 is 10.2 Å². The predicted molar refractivity (Wildman–Crippen MR) is 169 cm³/mol. The van der Waals surface area contributed by atoms with Gasteiger partial charge in [0.25, 0.3) is 10.0 Å². The lowest BCUT2D eigenvalue weighted by Gasteiger charge is -2.34. The summed E-state index contributed by atoms with van der Waals surface area (Å²) in [5, 5.41) is 4.02. The normalized spacial score (nSPS) is 14.4. The maximum atomic E-state index is 14.2. The minimum absolute atomic E-state index is 0.0210. The van der Waals surface area contributed by atoms with E-state index in [1.807, 2.05) is 0 Å². The first kappa shape index (κ1) is 32.4. The number of carbonyl (C=O) groups is 2. The molecular formula is C30H31Cl4N3O4S. The first-order valence-corrected chi connectivity index (χ1v) is 16.5. The van der Waals surface area contributed by atoms with Crippen molar-refractivity contribution in [1.29, 1.82) is 0 Å². The van der Waals surface area contributed by atoms with Crippen LogP contribution in [0.5, 0.6) is 0 Å². The Morgan fingerprint density at radius 2 is 1.55 bits per heavy atom. The van der Waals surface area contributed by atoms with Gasteiger partial charge in [-0.15, -0.1) is 0 Å². The average molecular weight is 671 g/mol. The molecule has 4 rings (SSSR count). The van der Waals surface area contributed by atoms with Crippen LogP contribution in [0, 0.1) is 0 Å². The number of hydrogen-bond donors (Lipinski definition) is 1. The van der Waals surface area contributed by atoms with E-state index in [1.165, 1.54) is 35.2 Å². The number of sulfonamides is 1. The van der Waals surface area contributed by atoms with Crippen LogP contribution in [0.4, 0.5) is 5.69 Å². The van der Waals surface area contributed by atoms with Crippen molar-refractivity contribution in [3.63, 3.8) is 0 Å². The van der Waals surface area contributed by atoms with Crippen molar-refractivity contribution in [3.8, 4) is 0 Å². The van der Waals surface area contributed by atoms with E-state index in [0.29, 0.717) is 15.6 Å². The third-order valence-electron chi connectivity index (χ3n) is 7.26. The average Bonchev–Trinajstić information content (AvgIpc) is 3.48. The Kier molecular flexibility index (Phi) is 11.1. The zero-order valence-electron chi connectivity index (χ0n) is 22.9. The van der Waals surface area contributed by atoms with Crippen LogP contribution >= 0.6 is 46.4 Å². The Morgan fingerprint density at radius 1 is 0.905 bits per heavy atom. The Bertz CT molecular complexity index is 1510. The molecule has 1 N–H and O–H groups in total. The molecule has 7 nitrogen and oxygen atoms in total. The number of nitrogens with zero attached hydrogens (tertiary/aromatic N) is 2. The second kappa shape index (κ2) is 14.3. The minimum Gasteiger partial charge on any atom is -0.352 e. The molecule has 0 unspecified atom stereocenters. The van der Waals surface area contributed by atoms with Gasteiger partial charge in [-0.3, -0.25) is 13.9 Å². The quantitative estimate of drug-likeness (QED) is 0.231. The monoisotopic (exact) mass is 669 g/mol. The van der Waals surface area contributed by atoms with Crippen LogP contribution in [-0.2, 0) is 26.2 Å². The number of benzene rings is 3. The van der Waals surface area contributed by atoms with Crippen molar-refractivity contribution in [3.05, 3.63) is 92.4 Å². The largest absolute Gasteiger partial charge is 0.352 e. The van der Waals surface area contributed by atoms with Crippen molar-refractivity contribution in [2.24, 2.45) is 0 Å². The van der Waals surface area contributed by atoms with E-state index in [0.717, 1.165) is 30.0 Å². The summed E-state index contributed by atoms with van der Waals surface area (Å²) in [6.45, 7) is 1.02. The van der Waals surface area contributed by atoms with Crippen molar-refractivity contribution in [2.45, 2.75) is 62.6 Å². The van der Waals surface area contributed by atoms with Crippen molar-refractivity contribution in [2.75, 3.05) is 10.8 Å². The summed E-state index contributed by atoms with van der Waals surface area (Å²) in [6, 6.07) is 16.1. The molecule has 1 fully saturated rings. The SMILES string of the molecule is CC[C@@H](C(=O)NC1CCCC1)N(Cc1c(Cl)cccc1Cl)C(=O)CN(c1cc(Cl)ccc1Cl)S(=O)(=O)c1ccccc1. The highest BCUT2D eigenvalue weighted by Gasteiger charge is 2.35. The first-order valence-electron chi connectivity index (χ1n) is 13.6. The third-order valence-corrected chi connectivity index (χ3v) is 10.3. The maximum Gasteiger partial charge on any atom is 0.264 e. The first-order chi connectivity index (χ1) is 20.0. The van der Waals surface area contributed by atoms with E-state index in [2.05, 4.69) is 5.32 Å². The van der Waals surface area contributed by atoms with Crippen LogP contribution in [0.15, 0.2) is 71.6 Å². The lowest BCUT2D eigenvalue weighted by molar-refractivity contribution is -0.140. The van der Waals surface area contributed by atoms with E-state index >= 15 is 0 Å². The summed E-state index contributed by atoms with van der Waals surface area (Å²) in [4.78, 5) is 29.1. The Morgan fingerprint density at radius 3 is 2.17 bits per heavy atom. The molecule has 0 radical (unpaired) electrons. The highest BCUT2D eigenvalue weighted by atomic mass is 35.5. The van der Waals surface area contributed by atoms with Crippen molar-refractivity contribution >= 4 is 73.9 Å². The van der Waals surface area contributed by atoms with Crippen LogP contribution in [0.2, 0.25) is 20.1 Å². The molecule has 0 heterocycles. The summed E-state index contributed by atoms with van der Waals surface area (Å²) in [5.74, 6) is -0.964. The van der Waals surface area contributed by atoms with E-state index in [1.54, 1.807) is 43.3 Å². The fourth-order valence-electron chi connectivity index (χ4n) is 5.05. The molecule has 42 heavy (non-hydrogen) atoms. The zero-order chi connectivity index (χ0) is 30.4. The molecule has 3 aromatic carbocycles. The summed E-state index contributed by atoms with van der Waals surface area (Å²) in [5.41, 5.74) is 0.472. The smallest absolute Gasteiger partial charge is 0.264 e. The fourth-order valence-corrected chi connectivity index (χ4v) is 7.45. The molecular weight excluding hydrogens is 640 g/mol. The number of amides is 2. The van der Waals surface area contributed by atoms with Crippen LogP contribution < -0.4 is 9.62 Å². The summed E-state index contributed by atoms with van der Waals surface area (Å²) in [6.07, 6.45) is 4.04. The molecule has 1 aliphatic carbocycles. The molecule has 3 aromatic rings. The molecule has 0 aliphatic heterocycles. The summed E-state index contributed by atoms with van der Waals surface area (Å²) < 4.78 is 28.8. The van der Waals surface area contributed by atoms with Gasteiger partial charge in [0.1, 0.15) is 12.6 Å².